The van der Waals surface area contributed by atoms with Crippen LogP contribution >= 0.6 is 11.3 Å². The monoisotopic (exact) mass is 344 g/mol. The Morgan fingerprint density at radius 1 is 1.25 bits per heavy atom. The second-order valence-electron chi connectivity index (χ2n) is 4.93. The molecule has 0 saturated carbocycles. The fourth-order valence-corrected chi connectivity index (χ4v) is 2.72. The van der Waals surface area contributed by atoms with Crippen LogP contribution in [-0.2, 0) is 6.42 Å². The minimum atomic E-state index is -0.271. The molecule has 7 nitrogen and oxygen atoms in total. The number of nitrogens with two attached hydrogens (primary N) is 1. The normalized spacial score (nSPS) is 10.5. The molecule has 0 bridgehead atoms. The molecule has 3 rings (SSSR count). The first-order valence-electron chi connectivity index (χ1n) is 7.26. The lowest BCUT2D eigenvalue weighted by molar-refractivity contribution is 0.0927. The molecular formula is C16H16N4O3S. The number of rotatable bonds is 6. The molecule has 8 heteroatoms. The van der Waals surface area contributed by atoms with Crippen molar-refractivity contribution in [3.63, 3.8) is 0 Å². The van der Waals surface area contributed by atoms with Crippen molar-refractivity contribution in [2.45, 2.75) is 6.42 Å². The average Bonchev–Trinajstić information content (AvgIpc) is 3.24. The number of nitrogens with zero attached hydrogens (tertiary/aromatic N) is 2. The lowest BCUT2D eigenvalue weighted by atomic mass is 10.2. The van der Waals surface area contributed by atoms with E-state index in [2.05, 4.69) is 15.5 Å². The van der Waals surface area contributed by atoms with Gasteiger partial charge < -0.3 is 20.2 Å². The van der Waals surface area contributed by atoms with Crippen LogP contribution in [0.3, 0.4) is 0 Å². The molecule has 3 N–H and O–H groups in total. The highest BCUT2D eigenvalue weighted by Gasteiger charge is 2.12. The number of carbonyl (C=O) groups is 1. The highest BCUT2D eigenvalue weighted by Crippen LogP contribution is 2.24. The first kappa shape index (κ1) is 16.0. The van der Waals surface area contributed by atoms with Gasteiger partial charge in [0.1, 0.15) is 16.5 Å². The zero-order valence-electron chi connectivity index (χ0n) is 13.0. The minimum Gasteiger partial charge on any atom is -0.497 e. The second-order valence-corrected chi connectivity index (χ2v) is 6.03. The number of methoxy groups -OCH3 is 1. The highest BCUT2D eigenvalue weighted by atomic mass is 32.1. The summed E-state index contributed by atoms with van der Waals surface area (Å²) in [5, 5.41) is 11.6. The summed E-state index contributed by atoms with van der Waals surface area (Å²) in [5.41, 5.74) is 6.39. The summed E-state index contributed by atoms with van der Waals surface area (Å²) in [4.78, 5) is 12.1. The molecule has 0 saturated heterocycles. The van der Waals surface area contributed by atoms with Gasteiger partial charge in [-0.2, -0.15) is 0 Å². The standard InChI is InChI=1S/C16H16N4O3S/c1-22-11-4-2-10(3-5-11)12-6-7-13(23-12)15(21)18-9-8-14-19-20-16(17)24-14/h2-7H,8-9H2,1H3,(H2,17,20)(H,18,21). The predicted octanol–water partition coefficient (Wildman–Crippen LogP) is 2.36. The molecule has 0 fully saturated rings. The van der Waals surface area contributed by atoms with Crippen molar-refractivity contribution in [1.29, 1.82) is 0 Å². The van der Waals surface area contributed by atoms with Crippen LogP contribution in [0.4, 0.5) is 5.13 Å². The third-order valence-electron chi connectivity index (χ3n) is 3.31. The molecule has 2 aromatic heterocycles. The van der Waals surface area contributed by atoms with Crippen LogP contribution in [0.15, 0.2) is 40.8 Å². The quantitative estimate of drug-likeness (QED) is 0.711. The SMILES string of the molecule is COc1ccc(-c2ccc(C(=O)NCCc3nnc(N)s3)o2)cc1. The first-order chi connectivity index (χ1) is 11.7. The van der Waals surface area contributed by atoms with E-state index in [9.17, 15) is 4.79 Å². The van der Waals surface area contributed by atoms with Gasteiger partial charge in [0, 0.05) is 18.5 Å². The van der Waals surface area contributed by atoms with Crippen molar-refractivity contribution in [2.75, 3.05) is 19.4 Å². The maximum atomic E-state index is 12.1. The third-order valence-corrected chi connectivity index (χ3v) is 4.12. The Hall–Kier alpha value is -2.87. The summed E-state index contributed by atoms with van der Waals surface area (Å²) in [5.74, 6) is 1.38. The number of aromatic nitrogens is 2. The van der Waals surface area contributed by atoms with Gasteiger partial charge in [0.15, 0.2) is 5.76 Å². The number of amides is 1. The van der Waals surface area contributed by atoms with E-state index in [-0.39, 0.29) is 11.7 Å². The number of furan rings is 1. The van der Waals surface area contributed by atoms with E-state index in [0.717, 1.165) is 16.3 Å². The first-order valence-corrected chi connectivity index (χ1v) is 8.07. The number of hydrogen-bond donors (Lipinski definition) is 2. The Labute approximate surface area is 142 Å². The van der Waals surface area contributed by atoms with Crippen LogP contribution in [0.25, 0.3) is 11.3 Å². The molecule has 0 radical (unpaired) electrons. The van der Waals surface area contributed by atoms with Crippen LogP contribution < -0.4 is 15.8 Å². The Bertz CT molecular complexity index is 826. The molecule has 0 unspecified atom stereocenters. The molecule has 24 heavy (non-hydrogen) atoms. The van der Waals surface area contributed by atoms with E-state index in [1.807, 2.05) is 24.3 Å². The number of hydrogen-bond acceptors (Lipinski definition) is 7. The van der Waals surface area contributed by atoms with Gasteiger partial charge in [0.2, 0.25) is 5.13 Å². The van der Waals surface area contributed by atoms with Gasteiger partial charge in [-0.15, -0.1) is 10.2 Å². The molecule has 3 aromatic rings. The molecule has 0 atom stereocenters. The number of ether oxygens (including phenoxy) is 1. The zero-order chi connectivity index (χ0) is 16.9. The second kappa shape index (κ2) is 7.14. The summed E-state index contributed by atoms with van der Waals surface area (Å²) < 4.78 is 10.7. The van der Waals surface area contributed by atoms with E-state index in [0.29, 0.717) is 23.9 Å². The topological polar surface area (TPSA) is 103 Å². The fourth-order valence-electron chi connectivity index (χ4n) is 2.11. The number of benzene rings is 1. The number of carbonyl (C=O) groups excluding carboxylic acids is 1. The van der Waals surface area contributed by atoms with Gasteiger partial charge in [-0.3, -0.25) is 4.79 Å². The smallest absolute Gasteiger partial charge is 0.287 e. The summed E-state index contributed by atoms with van der Waals surface area (Å²) >= 11 is 1.31. The molecule has 0 aliphatic carbocycles. The van der Waals surface area contributed by atoms with Crippen LogP contribution in [0, 0.1) is 0 Å². The Morgan fingerprint density at radius 3 is 2.71 bits per heavy atom. The van der Waals surface area contributed by atoms with Crippen molar-refractivity contribution in [3.8, 4) is 17.1 Å². The molecule has 0 aliphatic rings. The van der Waals surface area contributed by atoms with Gasteiger partial charge >= 0.3 is 0 Å². The summed E-state index contributed by atoms with van der Waals surface area (Å²) in [6, 6.07) is 10.8. The van der Waals surface area contributed by atoms with E-state index in [1.165, 1.54) is 11.3 Å². The number of nitrogens with one attached hydrogen (secondary N) is 1. The van der Waals surface area contributed by atoms with Gasteiger partial charge in [0.05, 0.1) is 7.11 Å². The maximum Gasteiger partial charge on any atom is 0.287 e. The van der Waals surface area contributed by atoms with Gasteiger partial charge in [-0.05, 0) is 36.4 Å². The zero-order valence-corrected chi connectivity index (χ0v) is 13.8. The Balaban J connectivity index is 1.58. The molecule has 0 spiro atoms. The molecule has 0 aliphatic heterocycles. The Morgan fingerprint density at radius 2 is 2.04 bits per heavy atom. The summed E-state index contributed by atoms with van der Waals surface area (Å²) in [6.07, 6.45) is 0.576. The van der Waals surface area contributed by atoms with E-state index < -0.39 is 0 Å². The van der Waals surface area contributed by atoms with Crippen LogP contribution in [-0.4, -0.2) is 29.8 Å². The summed E-state index contributed by atoms with van der Waals surface area (Å²) in [6.45, 7) is 0.437. The summed E-state index contributed by atoms with van der Waals surface area (Å²) in [7, 11) is 1.61. The van der Waals surface area contributed by atoms with Crippen molar-refractivity contribution in [2.24, 2.45) is 0 Å². The molecule has 2 heterocycles. The average molecular weight is 344 g/mol. The van der Waals surface area contributed by atoms with Crippen molar-refractivity contribution in [3.05, 3.63) is 47.2 Å². The predicted molar refractivity (Wildman–Crippen MR) is 91.1 cm³/mol. The minimum absolute atomic E-state index is 0.262. The van der Waals surface area contributed by atoms with E-state index in [1.54, 1.807) is 19.2 Å². The molecular weight excluding hydrogens is 328 g/mol. The number of anilines is 1. The van der Waals surface area contributed by atoms with Crippen LogP contribution in [0.2, 0.25) is 0 Å². The van der Waals surface area contributed by atoms with Crippen molar-refractivity contribution in [1.82, 2.24) is 15.5 Å². The fraction of sp³-hybridized carbons (Fsp3) is 0.188. The van der Waals surface area contributed by atoms with Crippen LogP contribution in [0.1, 0.15) is 15.6 Å². The molecule has 1 amide bonds. The number of nitrogen functional groups attached to an aromatic ring is 1. The van der Waals surface area contributed by atoms with Gasteiger partial charge in [-0.1, -0.05) is 11.3 Å². The largest absolute Gasteiger partial charge is 0.497 e. The third kappa shape index (κ3) is 3.72. The van der Waals surface area contributed by atoms with Crippen LogP contribution in [0.5, 0.6) is 5.75 Å². The van der Waals surface area contributed by atoms with E-state index >= 15 is 0 Å². The highest BCUT2D eigenvalue weighted by molar-refractivity contribution is 7.15. The van der Waals surface area contributed by atoms with Gasteiger partial charge in [0.25, 0.3) is 5.91 Å². The van der Waals surface area contributed by atoms with E-state index in [4.69, 9.17) is 14.9 Å². The Kier molecular flexibility index (Phi) is 4.76. The lowest BCUT2D eigenvalue weighted by Crippen LogP contribution is -2.25. The molecule has 1 aromatic carbocycles. The van der Waals surface area contributed by atoms with Crippen molar-refractivity contribution < 1.29 is 13.9 Å². The lowest BCUT2D eigenvalue weighted by Gasteiger charge is -2.02. The van der Waals surface area contributed by atoms with Crippen molar-refractivity contribution >= 4 is 22.4 Å². The molecule has 124 valence electrons. The van der Waals surface area contributed by atoms with Gasteiger partial charge in [-0.25, -0.2) is 0 Å². The maximum absolute atomic E-state index is 12.1.